The first kappa shape index (κ1) is 32.2. The van der Waals surface area contributed by atoms with Gasteiger partial charge in [0.2, 0.25) is 15.9 Å². The van der Waals surface area contributed by atoms with Crippen molar-refractivity contribution in [1.82, 2.24) is 9.21 Å². The summed E-state index contributed by atoms with van der Waals surface area (Å²) in [6.45, 7) is 3.12. The topological polar surface area (TPSA) is 125 Å². The number of amides is 2. The Bertz CT molecular complexity index is 1340. The summed E-state index contributed by atoms with van der Waals surface area (Å²) in [6, 6.07) is 9.39. The van der Waals surface area contributed by atoms with Gasteiger partial charge in [-0.3, -0.25) is 9.59 Å². The molecule has 0 spiro atoms. The number of ether oxygens (including phenoxy) is 2. The molecule has 1 aliphatic rings. The van der Waals surface area contributed by atoms with Crippen molar-refractivity contribution in [2.45, 2.75) is 49.9 Å². The summed E-state index contributed by atoms with van der Waals surface area (Å²) in [5.41, 5.74) is 0.102. The molecule has 1 heterocycles. The van der Waals surface area contributed by atoms with Gasteiger partial charge in [0.25, 0.3) is 5.91 Å². The third kappa shape index (κ3) is 8.11. The van der Waals surface area contributed by atoms with E-state index in [0.29, 0.717) is 5.75 Å². The average molecular weight is 602 g/mol. The lowest BCUT2D eigenvalue weighted by Gasteiger charge is -2.38. The van der Waals surface area contributed by atoms with Gasteiger partial charge in [0.15, 0.2) is 0 Å². The monoisotopic (exact) mass is 601 g/mol. The van der Waals surface area contributed by atoms with Crippen LogP contribution in [0, 0.1) is 5.92 Å². The van der Waals surface area contributed by atoms with Gasteiger partial charge >= 0.3 is 6.18 Å². The highest BCUT2D eigenvalue weighted by Crippen LogP contribution is 2.31. The van der Waals surface area contributed by atoms with Crippen molar-refractivity contribution in [3.63, 3.8) is 0 Å². The van der Waals surface area contributed by atoms with Gasteiger partial charge in [0.1, 0.15) is 17.6 Å². The normalized spacial score (nSPS) is 18.7. The molecular weight excluding hydrogens is 567 g/mol. The second-order valence-electron chi connectivity index (χ2n) is 9.96. The zero-order chi connectivity index (χ0) is 30.5. The van der Waals surface area contributed by atoms with E-state index >= 15 is 0 Å². The highest BCUT2D eigenvalue weighted by molar-refractivity contribution is 7.89. The molecule has 2 aromatic carbocycles. The van der Waals surface area contributed by atoms with E-state index in [1.807, 2.05) is 0 Å². The van der Waals surface area contributed by atoms with Gasteiger partial charge in [-0.15, -0.1) is 0 Å². The SMILES string of the molecule is COc1ccc(S(=O)(=O)N(C)C[C@@H]2Oc3ccc(NC(=O)CCC(F)(F)F)cc3C(=O)N([C@H](C)CO)C[C@@H]2C)cc1. The number of alkyl halides is 3. The predicted octanol–water partition coefficient (Wildman–Crippen LogP) is 3.52. The summed E-state index contributed by atoms with van der Waals surface area (Å²) in [6.07, 6.45) is -7.30. The van der Waals surface area contributed by atoms with Gasteiger partial charge in [-0.25, -0.2) is 8.42 Å². The number of rotatable bonds is 10. The number of hydrogen-bond acceptors (Lipinski definition) is 7. The lowest BCUT2D eigenvalue weighted by atomic mass is 9.99. The van der Waals surface area contributed by atoms with Crippen LogP contribution in [0.5, 0.6) is 11.5 Å². The molecule has 2 aromatic rings. The molecule has 3 atom stereocenters. The number of likely N-dealkylation sites (N-methyl/N-ethyl adjacent to an activating group) is 1. The summed E-state index contributed by atoms with van der Waals surface area (Å²) >= 11 is 0. The molecule has 0 radical (unpaired) electrons. The number of aliphatic hydroxyl groups excluding tert-OH is 1. The van der Waals surface area contributed by atoms with Crippen LogP contribution in [0.25, 0.3) is 0 Å². The molecule has 3 rings (SSSR count). The molecule has 41 heavy (non-hydrogen) atoms. The molecule has 0 unspecified atom stereocenters. The van der Waals surface area contributed by atoms with Crippen molar-refractivity contribution < 1.29 is 45.8 Å². The number of hydrogen-bond donors (Lipinski definition) is 2. The molecule has 0 bridgehead atoms. The van der Waals surface area contributed by atoms with Crippen molar-refractivity contribution in [3.8, 4) is 11.5 Å². The van der Waals surface area contributed by atoms with Crippen LogP contribution >= 0.6 is 0 Å². The van der Waals surface area contributed by atoms with Crippen LogP contribution in [0.3, 0.4) is 0 Å². The maximum Gasteiger partial charge on any atom is 0.389 e. The number of benzene rings is 2. The Kier molecular flexibility index (Phi) is 10.3. The highest BCUT2D eigenvalue weighted by Gasteiger charge is 2.35. The molecule has 14 heteroatoms. The molecular formula is C27H34F3N3O7S. The van der Waals surface area contributed by atoms with Crippen molar-refractivity contribution >= 4 is 27.5 Å². The Balaban J connectivity index is 1.90. The van der Waals surface area contributed by atoms with E-state index in [0.717, 1.165) is 4.31 Å². The van der Waals surface area contributed by atoms with E-state index in [2.05, 4.69) is 5.32 Å². The van der Waals surface area contributed by atoms with Crippen LogP contribution < -0.4 is 14.8 Å². The number of fused-ring (bicyclic) bond motifs is 1. The minimum absolute atomic E-state index is 0.0106. The van der Waals surface area contributed by atoms with Crippen molar-refractivity contribution in [1.29, 1.82) is 0 Å². The number of aliphatic hydroxyl groups is 1. The van der Waals surface area contributed by atoms with E-state index in [1.165, 1.54) is 61.5 Å². The van der Waals surface area contributed by atoms with Crippen LogP contribution in [-0.4, -0.2) is 86.7 Å². The minimum Gasteiger partial charge on any atom is -0.497 e. The number of methoxy groups -OCH3 is 1. The third-order valence-electron chi connectivity index (χ3n) is 6.79. The molecule has 0 aliphatic carbocycles. The van der Waals surface area contributed by atoms with Crippen LogP contribution in [-0.2, 0) is 14.8 Å². The molecule has 226 valence electrons. The van der Waals surface area contributed by atoms with Crippen LogP contribution in [0.1, 0.15) is 37.0 Å². The number of nitrogens with one attached hydrogen (secondary N) is 1. The summed E-state index contributed by atoms with van der Waals surface area (Å²) in [4.78, 5) is 27.1. The maximum absolute atomic E-state index is 13.5. The lowest BCUT2D eigenvalue weighted by Crippen LogP contribution is -2.50. The molecule has 2 N–H and O–H groups in total. The number of carbonyl (C=O) groups is 2. The first-order chi connectivity index (χ1) is 19.2. The first-order valence-corrected chi connectivity index (χ1v) is 14.3. The Labute approximate surface area is 237 Å². The van der Waals surface area contributed by atoms with Crippen LogP contribution in [0.15, 0.2) is 47.4 Å². The second-order valence-corrected chi connectivity index (χ2v) is 12.0. The number of anilines is 1. The van der Waals surface area contributed by atoms with E-state index in [-0.39, 0.29) is 47.5 Å². The van der Waals surface area contributed by atoms with Gasteiger partial charge in [-0.05, 0) is 49.4 Å². The molecule has 2 amide bonds. The number of sulfonamides is 1. The first-order valence-electron chi connectivity index (χ1n) is 12.9. The maximum atomic E-state index is 13.5. The van der Waals surface area contributed by atoms with Gasteiger partial charge in [0.05, 0.1) is 43.2 Å². The van der Waals surface area contributed by atoms with Crippen LogP contribution in [0.2, 0.25) is 0 Å². The van der Waals surface area contributed by atoms with Crippen molar-refractivity contribution in [3.05, 3.63) is 48.0 Å². The number of carbonyl (C=O) groups excluding carboxylic acids is 2. The van der Waals surface area contributed by atoms with Crippen molar-refractivity contribution in [2.75, 3.05) is 39.2 Å². The lowest BCUT2D eigenvalue weighted by molar-refractivity contribution is -0.142. The average Bonchev–Trinajstić information content (AvgIpc) is 2.93. The predicted molar refractivity (Wildman–Crippen MR) is 144 cm³/mol. The second kappa shape index (κ2) is 13.1. The van der Waals surface area contributed by atoms with E-state index in [9.17, 15) is 36.3 Å². The smallest absolute Gasteiger partial charge is 0.389 e. The standard InChI is InChI=1S/C27H34F3N3O7S/c1-17-14-33(18(2)16-34)26(36)22-13-19(31-25(35)11-12-27(28,29)30)5-10-23(22)40-24(17)15-32(3)41(37,38)21-8-6-20(39-4)7-9-21/h5-10,13,17-18,24,34H,11-12,14-16H2,1-4H3,(H,31,35)/t17-,18+,24-/m0/s1. The highest BCUT2D eigenvalue weighted by atomic mass is 32.2. The Hall–Kier alpha value is -3.36. The number of halogens is 3. The molecule has 10 nitrogen and oxygen atoms in total. The van der Waals surface area contributed by atoms with Crippen LogP contribution in [0.4, 0.5) is 18.9 Å². The fourth-order valence-corrected chi connectivity index (χ4v) is 5.46. The fraction of sp³-hybridized carbons (Fsp3) is 0.481. The van der Waals surface area contributed by atoms with E-state index in [1.54, 1.807) is 13.8 Å². The summed E-state index contributed by atoms with van der Waals surface area (Å²) < 4.78 is 76.5. The zero-order valence-corrected chi connectivity index (χ0v) is 24.0. The molecule has 1 aliphatic heterocycles. The van der Waals surface area contributed by atoms with Gasteiger partial charge in [-0.1, -0.05) is 6.92 Å². The van der Waals surface area contributed by atoms with Gasteiger partial charge in [0, 0.05) is 31.6 Å². The summed E-state index contributed by atoms with van der Waals surface area (Å²) in [5.74, 6) is -1.17. The fourth-order valence-electron chi connectivity index (χ4n) is 4.28. The molecule has 0 aromatic heterocycles. The largest absolute Gasteiger partial charge is 0.497 e. The Morgan fingerprint density at radius 3 is 2.49 bits per heavy atom. The molecule has 0 saturated heterocycles. The number of nitrogens with zero attached hydrogens (tertiary/aromatic N) is 2. The quantitative estimate of drug-likeness (QED) is 0.427. The summed E-state index contributed by atoms with van der Waals surface area (Å²) in [7, 11) is -1.04. The summed E-state index contributed by atoms with van der Waals surface area (Å²) in [5, 5.41) is 12.2. The zero-order valence-electron chi connectivity index (χ0n) is 23.1. The van der Waals surface area contributed by atoms with Gasteiger partial charge in [-0.2, -0.15) is 17.5 Å². The van der Waals surface area contributed by atoms with E-state index < -0.39 is 53.0 Å². The van der Waals surface area contributed by atoms with Gasteiger partial charge < -0.3 is 24.8 Å². The van der Waals surface area contributed by atoms with E-state index in [4.69, 9.17) is 9.47 Å². The Morgan fingerprint density at radius 1 is 1.24 bits per heavy atom. The van der Waals surface area contributed by atoms with Crippen molar-refractivity contribution in [2.24, 2.45) is 5.92 Å². The third-order valence-corrected chi connectivity index (χ3v) is 8.63. The Morgan fingerprint density at radius 2 is 1.90 bits per heavy atom. The minimum atomic E-state index is -4.49. The molecule has 0 fully saturated rings. The molecule has 0 saturated carbocycles.